The van der Waals surface area contributed by atoms with Crippen molar-refractivity contribution in [3.8, 4) is 0 Å². The molecule has 1 aromatic carbocycles. The van der Waals surface area contributed by atoms with Gasteiger partial charge in [-0.3, -0.25) is 58.0 Å². The van der Waals surface area contributed by atoms with Crippen LogP contribution >= 0.6 is 0 Å². The Morgan fingerprint density at radius 3 is 1.16 bits per heavy atom. The van der Waals surface area contributed by atoms with Crippen LogP contribution in [0.2, 0.25) is 0 Å². The zero-order chi connectivity index (χ0) is 81.9. The van der Waals surface area contributed by atoms with E-state index in [0.717, 1.165) is 175 Å². The average molecular weight is 1640 g/mol. The van der Waals surface area contributed by atoms with Crippen LogP contribution in [0.1, 0.15) is 215 Å². The smallest absolute Gasteiger partial charge is 0.226 e. The molecule has 6 heterocycles. The van der Waals surface area contributed by atoms with Crippen LogP contribution in [0.3, 0.4) is 0 Å². The Morgan fingerprint density at radius 1 is 0.409 bits per heavy atom. The molecule has 0 aromatic heterocycles. The van der Waals surface area contributed by atoms with E-state index in [1.807, 2.05) is 65.0 Å². The van der Waals surface area contributed by atoms with E-state index in [2.05, 4.69) is 60.8 Å². The molecule has 6 aliphatic heterocycles. The lowest BCUT2D eigenvalue weighted by Gasteiger charge is -2.32. The minimum atomic E-state index is -0.614. The number of ether oxygens (including phenoxy) is 6. The van der Waals surface area contributed by atoms with Gasteiger partial charge < -0.3 is 77.7 Å². The van der Waals surface area contributed by atoms with Gasteiger partial charge in [0.2, 0.25) is 11.8 Å². The number of carbonyl (C=O) groups excluding carboxylic acids is 8. The first-order valence-electron chi connectivity index (χ1n) is 41.5. The molecule has 1 aromatic rings. The summed E-state index contributed by atoms with van der Waals surface area (Å²) >= 11 is 0. The second kappa shape index (κ2) is 68.8. The molecule has 674 valence electrons. The second-order valence-corrected chi connectivity index (χ2v) is 31.0. The molecule has 13 atom stereocenters. The van der Waals surface area contributed by atoms with Crippen molar-refractivity contribution >= 4 is 46.5 Å². The van der Waals surface area contributed by atoms with Crippen LogP contribution in [0.5, 0.6) is 0 Å². The average Bonchev–Trinajstić information content (AvgIpc) is 0.849. The number of aliphatic hydroxyl groups is 1. The van der Waals surface area contributed by atoms with Gasteiger partial charge in [0.1, 0.15) is 28.9 Å². The Balaban J connectivity index is -0.000000638. The lowest BCUT2D eigenvalue weighted by Crippen LogP contribution is -2.45. The monoisotopic (exact) mass is 1640 g/mol. The maximum atomic E-state index is 12.2. The molecule has 6 fully saturated rings. The summed E-state index contributed by atoms with van der Waals surface area (Å²) in [5, 5.41) is 8.95. The van der Waals surface area contributed by atoms with Gasteiger partial charge in [-0.2, -0.15) is 0 Å². The second-order valence-electron chi connectivity index (χ2n) is 31.0. The fraction of sp³-hybridized carbons (Fsp3) is 0.818. The molecular formula is C88H172N12O15. The highest BCUT2D eigenvalue weighted by Crippen LogP contribution is 2.19. The Kier molecular flexibility index (Phi) is 69.6. The van der Waals surface area contributed by atoms with Crippen molar-refractivity contribution in [3.05, 3.63) is 48.2 Å². The molecule has 27 heteroatoms. The molecule has 6 saturated heterocycles. The molecule has 2 amide bonds. The Morgan fingerprint density at radius 2 is 0.757 bits per heavy atom. The van der Waals surface area contributed by atoms with Crippen molar-refractivity contribution in [1.29, 1.82) is 0 Å². The summed E-state index contributed by atoms with van der Waals surface area (Å²) in [6.45, 7) is 47.5. The van der Waals surface area contributed by atoms with Gasteiger partial charge in [0.25, 0.3) is 0 Å². The number of hydrogen-bond donors (Lipinski definition) is 7. The van der Waals surface area contributed by atoms with Gasteiger partial charge in [0.15, 0.2) is 5.78 Å². The normalized spacial score (nSPS) is 19.4. The third-order valence-corrected chi connectivity index (χ3v) is 22.0. The van der Waals surface area contributed by atoms with Crippen LogP contribution in [0.4, 0.5) is 0 Å². The summed E-state index contributed by atoms with van der Waals surface area (Å²) < 4.78 is 31.6. The molecule has 0 spiro atoms. The molecule has 0 bridgehead atoms. The van der Waals surface area contributed by atoms with Gasteiger partial charge in [0, 0.05) is 148 Å². The molecule has 0 aliphatic carbocycles. The molecule has 6 aliphatic rings. The number of Topliss-reactive ketones (excluding diaryl/α,β-unsaturated/α-hetero) is 6. The van der Waals surface area contributed by atoms with E-state index < -0.39 is 18.1 Å². The molecule has 0 saturated carbocycles. The lowest BCUT2D eigenvalue weighted by molar-refractivity contribution is -0.141. The predicted octanol–water partition coefficient (Wildman–Crippen LogP) is 8.97. The van der Waals surface area contributed by atoms with Crippen LogP contribution in [0.15, 0.2) is 42.7 Å². The van der Waals surface area contributed by atoms with Crippen molar-refractivity contribution in [2.75, 3.05) is 177 Å². The number of carbonyl (C=O) groups is 8. The van der Waals surface area contributed by atoms with Crippen LogP contribution in [0.25, 0.3) is 0 Å². The topological polar surface area (TPSA) is 388 Å². The Labute approximate surface area is 698 Å². The van der Waals surface area contributed by atoms with Crippen LogP contribution in [-0.2, 0) is 73.2 Å². The minimum Gasteiger partial charge on any atom is -0.513 e. The van der Waals surface area contributed by atoms with E-state index in [1.165, 1.54) is 0 Å². The van der Waals surface area contributed by atoms with Crippen molar-refractivity contribution < 1.29 is 71.9 Å². The highest BCUT2D eigenvalue weighted by Gasteiger charge is 2.30. The van der Waals surface area contributed by atoms with Gasteiger partial charge in [0.05, 0.1) is 121 Å². The van der Waals surface area contributed by atoms with Gasteiger partial charge in [-0.25, -0.2) is 0 Å². The van der Waals surface area contributed by atoms with E-state index in [0.29, 0.717) is 96.7 Å². The third-order valence-electron chi connectivity index (χ3n) is 22.0. The molecular weight excluding hydrogens is 1470 g/mol. The zero-order valence-corrected chi connectivity index (χ0v) is 69.8. The first kappa shape index (κ1) is 116. The molecule has 13 N–H and O–H groups in total. The van der Waals surface area contributed by atoms with E-state index in [-0.39, 0.29) is 163 Å². The summed E-state index contributed by atoms with van der Waals surface area (Å²) in [5.74, 6) is 1.61. The van der Waals surface area contributed by atoms with Gasteiger partial charge >= 0.3 is 0 Å². The van der Waals surface area contributed by atoms with E-state index in [9.17, 15) is 38.4 Å². The quantitative estimate of drug-likeness (QED) is 0.0301. The number of amides is 2. The number of benzene rings is 1. The highest BCUT2D eigenvalue weighted by atomic mass is 16.5. The summed E-state index contributed by atoms with van der Waals surface area (Å²) in [4.78, 5) is 108. The van der Waals surface area contributed by atoms with Gasteiger partial charge in [-0.15, -0.1) is 0 Å². The molecule has 115 heavy (non-hydrogen) atoms. The number of rotatable bonds is 40. The Bertz CT molecular complexity index is 2680. The molecule has 13 unspecified atom stereocenters. The maximum Gasteiger partial charge on any atom is 0.226 e. The zero-order valence-electron chi connectivity index (χ0n) is 69.8. The number of aliphatic hydroxyl groups excluding tert-OH is 1. The minimum absolute atomic E-state index is 0. The van der Waals surface area contributed by atoms with Gasteiger partial charge in [-0.1, -0.05) is 169 Å². The van der Waals surface area contributed by atoms with E-state index >= 15 is 0 Å². The van der Waals surface area contributed by atoms with Crippen LogP contribution in [-0.4, -0.2) is 301 Å². The lowest BCUT2D eigenvalue weighted by atomic mass is 9.91. The van der Waals surface area contributed by atoms with Crippen LogP contribution in [0, 0.1) is 35.5 Å². The largest absolute Gasteiger partial charge is 0.513 e. The summed E-state index contributed by atoms with van der Waals surface area (Å²) in [6.07, 6.45) is 10.1. The van der Waals surface area contributed by atoms with Crippen molar-refractivity contribution in [3.63, 3.8) is 0 Å². The number of ketones is 6. The van der Waals surface area contributed by atoms with Gasteiger partial charge in [-0.05, 0) is 80.8 Å². The summed E-state index contributed by atoms with van der Waals surface area (Å²) in [7, 11) is 0. The predicted molar refractivity (Wildman–Crippen MR) is 469 cm³/mol. The molecule has 0 radical (unpaired) electrons. The molecule has 7 rings (SSSR count). The van der Waals surface area contributed by atoms with E-state index in [4.69, 9.17) is 67.9 Å². The van der Waals surface area contributed by atoms with E-state index in [1.54, 1.807) is 16.7 Å². The number of hydrogen-bond acceptors (Lipinski definition) is 25. The van der Waals surface area contributed by atoms with Crippen molar-refractivity contribution in [2.45, 2.75) is 258 Å². The summed E-state index contributed by atoms with van der Waals surface area (Å²) in [5.41, 5.74) is 36.4. The maximum absolute atomic E-state index is 12.2. The first-order chi connectivity index (χ1) is 52.5. The Hall–Kier alpha value is -4.92. The van der Waals surface area contributed by atoms with Crippen LogP contribution < -0.4 is 34.4 Å². The fourth-order valence-electron chi connectivity index (χ4n) is 13.1. The van der Waals surface area contributed by atoms with Crippen molar-refractivity contribution in [1.82, 2.24) is 29.4 Å². The highest BCUT2D eigenvalue weighted by molar-refractivity contribution is 5.90. The first-order valence-corrected chi connectivity index (χ1v) is 41.5. The molecule has 27 nitrogen and oxygen atoms in total. The standard InChI is InChI=1S/C16H24N2O2.C14H26N2O3.2C14H28N2O2.C13H24N2O3.C12H22N2O3.5CH4/c17-15(13-14-5-2-1-3-6-14)16(19)7-4-8-18-9-11-20-12-10-18;1-4-10(2)13(15)12(17)9-11(3)14(18)16-5-7-19-8-6-16;1-4-12(3)14(15)13(17)9-11(2)10-16-5-7-18-8-6-16;1-4-11(2)14(15)13(17)6-5-12(3)16-7-9-18-10-8-16;1-3-10(2)13(14)11(16)4-5-12(17)15-6-8-18-9-7-15;1-10(15)9-11(13)12(16)3-2-4-14-5-7-17-8-6-14;;;;;/h1-3,5-6,15H,4,7-13,17H2;10-11,13H,4-9,15H2,1-3H3;2*11-12,14H,4-10,15H2,1-3H3;10,13H,3-9,14H2,1-2H3;11,15H,1-9,13H2;5*1H4. The summed E-state index contributed by atoms with van der Waals surface area (Å²) in [6, 6.07) is 7.95. The number of nitrogens with two attached hydrogens (primary N) is 6. The third kappa shape index (κ3) is 50.7. The number of nitrogens with zero attached hydrogens (tertiary/aromatic N) is 6. The SMILES string of the molecule is C.C.C.C.C.C=C(O)CC(N)C(=O)CCCN1CCOCC1.CCC(C)C(N)C(=O)CC(C)C(=O)N1CCOCC1.CCC(C)C(N)C(=O)CC(C)CN1CCOCC1.CCC(C)C(N)C(=O)CCC(=O)N1CCOCC1.CCC(C)C(N)C(=O)CCC(C)N1CCOCC1.NC(Cc1ccccc1)C(=O)CCCN1CCOCC1. The number of morpholine rings is 6. The van der Waals surface area contributed by atoms with Crippen molar-refractivity contribution in [2.24, 2.45) is 69.9 Å². The fourth-order valence-corrected chi connectivity index (χ4v) is 13.1.